The van der Waals surface area contributed by atoms with Gasteiger partial charge in [-0.25, -0.2) is 0 Å². The fourth-order valence-corrected chi connectivity index (χ4v) is 4.26. The highest BCUT2D eigenvalue weighted by atomic mass is 32.2. The molecule has 2 saturated heterocycles. The van der Waals surface area contributed by atoms with Crippen LogP contribution in [0.2, 0.25) is 0 Å². The Kier molecular flexibility index (Phi) is 6.37. The van der Waals surface area contributed by atoms with Crippen molar-refractivity contribution < 1.29 is 9.59 Å². The molecule has 2 heterocycles. The minimum absolute atomic E-state index is 0.0523. The Morgan fingerprint density at radius 3 is 2.68 bits per heavy atom. The summed E-state index contributed by atoms with van der Waals surface area (Å²) in [5.41, 5.74) is 2.41. The van der Waals surface area contributed by atoms with Crippen molar-refractivity contribution in [2.45, 2.75) is 45.3 Å². The van der Waals surface area contributed by atoms with Crippen molar-refractivity contribution in [2.24, 2.45) is 0 Å². The fraction of sp³-hybridized carbons (Fsp3) is 0.579. The summed E-state index contributed by atoms with van der Waals surface area (Å²) in [5, 5.41) is 2.90. The second kappa shape index (κ2) is 8.72. The van der Waals surface area contributed by atoms with E-state index in [2.05, 4.69) is 41.4 Å². The summed E-state index contributed by atoms with van der Waals surface area (Å²) in [6.45, 7) is 5.17. The van der Waals surface area contributed by atoms with Crippen molar-refractivity contribution in [1.82, 2.24) is 15.1 Å². The van der Waals surface area contributed by atoms with Crippen molar-refractivity contribution in [3.8, 4) is 0 Å². The van der Waals surface area contributed by atoms with E-state index in [0.29, 0.717) is 24.2 Å². The number of piperidine rings is 1. The summed E-state index contributed by atoms with van der Waals surface area (Å²) >= 11 is 1.55. The quantitative estimate of drug-likeness (QED) is 0.844. The number of nitrogens with zero attached hydrogens (tertiary/aromatic N) is 2. The molecule has 2 aliphatic rings. The zero-order valence-corrected chi connectivity index (χ0v) is 15.7. The minimum Gasteiger partial charge on any atom is -0.350 e. The Bertz CT molecular complexity index is 605. The first kappa shape index (κ1) is 18.3. The molecule has 0 radical (unpaired) electrons. The standard InChI is InChI=1S/C19H27N3O2S/c1-15-4-2-3-9-21(15)11-17-7-5-16(6-8-17)10-20-18(23)12-22-14-25-13-19(22)24/h5-8,15H,2-4,9-14H2,1H3,(H,20,23). The van der Waals surface area contributed by atoms with Gasteiger partial charge in [0.25, 0.3) is 0 Å². The van der Waals surface area contributed by atoms with Gasteiger partial charge in [-0.15, -0.1) is 11.8 Å². The first-order valence-corrected chi connectivity index (χ1v) is 10.2. The molecule has 136 valence electrons. The van der Waals surface area contributed by atoms with E-state index in [-0.39, 0.29) is 18.4 Å². The van der Waals surface area contributed by atoms with Crippen LogP contribution < -0.4 is 5.32 Å². The molecule has 0 bridgehead atoms. The Labute approximate surface area is 154 Å². The maximum Gasteiger partial charge on any atom is 0.239 e. The molecule has 5 nitrogen and oxygen atoms in total. The largest absolute Gasteiger partial charge is 0.350 e. The highest BCUT2D eigenvalue weighted by Gasteiger charge is 2.22. The molecular weight excluding hydrogens is 334 g/mol. The number of benzene rings is 1. The number of carbonyl (C=O) groups excluding carboxylic acids is 2. The van der Waals surface area contributed by atoms with E-state index >= 15 is 0 Å². The fourth-order valence-electron chi connectivity index (χ4n) is 3.36. The summed E-state index contributed by atoms with van der Waals surface area (Å²) < 4.78 is 0. The molecule has 2 aliphatic heterocycles. The van der Waals surface area contributed by atoms with Gasteiger partial charge in [0, 0.05) is 19.1 Å². The average Bonchev–Trinajstić information content (AvgIpc) is 3.01. The average molecular weight is 362 g/mol. The third-order valence-electron chi connectivity index (χ3n) is 5.00. The van der Waals surface area contributed by atoms with E-state index < -0.39 is 0 Å². The van der Waals surface area contributed by atoms with Crippen LogP contribution in [0.4, 0.5) is 0 Å². The van der Waals surface area contributed by atoms with Crippen molar-refractivity contribution >= 4 is 23.6 Å². The van der Waals surface area contributed by atoms with E-state index in [4.69, 9.17) is 0 Å². The van der Waals surface area contributed by atoms with Gasteiger partial charge in [-0.2, -0.15) is 0 Å². The molecule has 2 fully saturated rings. The summed E-state index contributed by atoms with van der Waals surface area (Å²) in [5.74, 6) is 1.07. The van der Waals surface area contributed by atoms with Crippen LogP contribution in [0.5, 0.6) is 0 Å². The summed E-state index contributed by atoms with van der Waals surface area (Å²) in [7, 11) is 0. The number of hydrogen-bond acceptors (Lipinski definition) is 4. The van der Waals surface area contributed by atoms with Crippen molar-refractivity contribution in [3.05, 3.63) is 35.4 Å². The van der Waals surface area contributed by atoms with Crippen LogP contribution in [-0.4, -0.2) is 52.4 Å². The van der Waals surface area contributed by atoms with Crippen molar-refractivity contribution in [3.63, 3.8) is 0 Å². The molecule has 1 N–H and O–H groups in total. The van der Waals surface area contributed by atoms with Crippen LogP contribution in [0.15, 0.2) is 24.3 Å². The van der Waals surface area contributed by atoms with Gasteiger partial charge in [0.05, 0.1) is 11.6 Å². The Balaban J connectivity index is 1.44. The van der Waals surface area contributed by atoms with Gasteiger partial charge >= 0.3 is 0 Å². The zero-order chi connectivity index (χ0) is 17.6. The minimum atomic E-state index is -0.0953. The predicted octanol–water partition coefficient (Wildman–Crippen LogP) is 2.21. The van der Waals surface area contributed by atoms with Crippen molar-refractivity contribution in [1.29, 1.82) is 0 Å². The van der Waals surface area contributed by atoms with Gasteiger partial charge in [0.1, 0.15) is 6.54 Å². The summed E-state index contributed by atoms with van der Waals surface area (Å²) in [6, 6.07) is 9.15. The highest BCUT2D eigenvalue weighted by molar-refractivity contribution is 8.00. The molecule has 0 aromatic heterocycles. The monoisotopic (exact) mass is 361 g/mol. The molecular formula is C19H27N3O2S. The highest BCUT2D eigenvalue weighted by Crippen LogP contribution is 2.19. The molecule has 1 atom stereocenters. The van der Waals surface area contributed by atoms with Gasteiger partial charge < -0.3 is 10.2 Å². The van der Waals surface area contributed by atoms with Crippen LogP contribution in [0, 0.1) is 0 Å². The molecule has 1 unspecified atom stereocenters. The SMILES string of the molecule is CC1CCCCN1Cc1ccc(CNC(=O)CN2CSCC2=O)cc1. The lowest BCUT2D eigenvalue weighted by atomic mass is 10.0. The zero-order valence-electron chi connectivity index (χ0n) is 14.9. The number of rotatable bonds is 6. The second-order valence-electron chi connectivity index (χ2n) is 6.98. The molecule has 0 aliphatic carbocycles. The van der Waals surface area contributed by atoms with Crippen LogP contribution in [0.3, 0.4) is 0 Å². The maximum absolute atomic E-state index is 12.0. The Hall–Kier alpha value is -1.53. The number of nitrogens with one attached hydrogen (secondary N) is 1. The van der Waals surface area contributed by atoms with E-state index in [1.807, 2.05) is 0 Å². The summed E-state index contributed by atoms with van der Waals surface area (Å²) in [4.78, 5) is 27.6. The normalized spacial score (nSPS) is 21.6. The van der Waals surface area contributed by atoms with E-state index in [9.17, 15) is 9.59 Å². The molecule has 6 heteroatoms. The molecule has 3 rings (SSSR count). The molecule has 2 amide bonds. The van der Waals surface area contributed by atoms with Gasteiger partial charge in [-0.05, 0) is 37.4 Å². The maximum atomic E-state index is 12.0. The number of amides is 2. The number of carbonyl (C=O) groups is 2. The van der Waals surface area contributed by atoms with E-state index in [1.54, 1.807) is 16.7 Å². The van der Waals surface area contributed by atoms with Gasteiger partial charge in [-0.1, -0.05) is 30.7 Å². The first-order chi connectivity index (χ1) is 12.1. The van der Waals surface area contributed by atoms with Crippen molar-refractivity contribution in [2.75, 3.05) is 24.7 Å². The van der Waals surface area contributed by atoms with E-state index in [0.717, 1.165) is 12.1 Å². The third-order valence-corrected chi connectivity index (χ3v) is 5.94. The predicted molar refractivity (Wildman–Crippen MR) is 101 cm³/mol. The lowest BCUT2D eigenvalue weighted by Gasteiger charge is -2.33. The lowest BCUT2D eigenvalue weighted by molar-refractivity contribution is -0.132. The Morgan fingerprint density at radius 1 is 1.24 bits per heavy atom. The topological polar surface area (TPSA) is 52.7 Å². The number of likely N-dealkylation sites (tertiary alicyclic amines) is 1. The van der Waals surface area contributed by atoms with Crippen LogP contribution >= 0.6 is 11.8 Å². The first-order valence-electron chi connectivity index (χ1n) is 9.06. The Morgan fingerprint density at radius 2 is 2.00 bits per heavy atom. The van der Waals surface area contributed by atoms with Gasteiger partial charge in [-0.3, -0.25) is 14.5 Å². The van der Waals surface area contributed by atoms with Gasteiger partial charge in [0.2, 0.25) is 11.8 Å². The molecule has 1 aromatic rings. The van der Waals surface area contributed by atoms with Crippen LogP contribution in [0.25, 0.3) is 0 Å². The molecule has 0 saturated carbocycles. The number of thioether (sulfide) groups is 1. The smallest absolute Gasteiger partial charge is 0.239 e. The lowest BCUT2D eigenvalue weighted by Crippen LogP contribution is -2.37. The third kappa shape index (κ3) is 5.22. The molecule has 25 heavy (non-hydrogen) atoms. The molecule has 0 spiro atoms. The van der Waals surface area contributed by atoms with Crippen LogP contribution in [0.1, 0.15) is 37.3 Å². The van der Waals surface area contributed by atoms with E-state index in [1.165, 1.54) is 31.4 Å². The summed E-state index contributed by atoms with van der Waals surface area (Å²) in [6.07, 6.45) is 3.94. The number of hydrogen-bond donors (Lipinski definition) is 1. The van der Waals surface area contributed by atoms with Crippen LogP contribution in [-0.2, 0) is 22.7 Å². The van der Waals surface area contributed by atoms with Gasteiger partial charge in [0.15, 0.2) is 0 Å². The second-order valence-corrected chi connectivity index (χ2v) is 7.93. The molecule has 1 aromatic carbocycles.